The van der Waals surface area contributed by atoms with E-state index in [2.05, 4.69) is 0 Å². The molecule has 0 amide bonds. The highest BCUT2D eigenvalue weighted by Crippen LogP contribution is 2.36. The van der Waals surface area contributed by atoms with Crippen molar-refractivity contribution in [3.8, 4) is 5.75 Å². The van der Waals surface area contributed by atoms with Crippen LogP contribution in [0.5, 0.6) is 5.75 Å². The van der Waals surface area contributed by atoms with Gasteiger partial charge in [0.25, 0.3) is 0 Å². The number of carbonyl (C=O) groups is 1. The largest absolute Gasteiger partial charge is 0.489 e. The Morgan fingerprint density at radius 1 is 1.03 bits per heavy atom. The molecule has 0 aromatic heterocycles. The van der Waals surface area contributed by atoms with Crippen molar-refractivity contribution >= 4 is 27.6 Å². The summed E-state index contributed by atoms with van der Waals surface area (Å²) in [6.45, 7) is 1.16. The van der Waals surface area contributed by atoms with E-state index in [9.17, 15) is 13.2 Å². The Balaban J connectivity index is 1.61. The zero-order valence-electron chi connectivity index (χ0n) is 19.5. The fourth-order valence-electron chi connectivity index (χ4n) is 4.30. The molecule has 1 aliphatic heterocycles. The molecule has 0 saturated carbocycles. The van der Waals surface area contributed by atoms with Crippen molar-refractivity contribution < 1.29 is 22.7 Å². The fraction of sp³-hybridized carbons (Fsp3) is 0.296. The first-order valence-electron chi connectivity index (χ1n) is 11.5. The van der Waals surface area contributed by atoms with Crippen LogP contribution < -0.4 is 4.74 Å². The normalized spacial score (nSPS) is 16.6. The van der Waals surface area contributed by atoms with Crippen LogP contribution in [0, 0.1) is 0 Å². The molecule has 1 aliphatic rings. The highest BCUT2D eigenvalue weighted by molar-refractivity contribution is 7.89. The van der Waals surface area contributed by atoms with Crippen LogP contribution in [0.25, 0.3) is 0 Å². The molecule has 1 unspecified atom stereocenters. The van der Waals surface area contributed by atoms with Gasteiger partial charge >= 0.3 is 5.97 Å². The number of ether oxygens (including phenoxy) is 2. The van der Waals surface area contributed by atoms with Gasteiger partial charge in [0.1, 0.15) is 12.4 Å². The van der Waals surface area contributed by atoms with E-state index < -0.39 is 10.0 Å². The summed E-state index contributed by atoms with van der Waals surface area (Å²) in [6.07, 6.45) is 1.69. The molecule has 1 saturated heterocycles. The van der Waals surface area contributed by atoms with Crippen LogP contribution >= 0.6 is 11.6 Å². The number of nitrogens with zero attached hydrogens (tertiary/aromatic N) is 1. The van der Waals surface area contributed by atoms with E-state index in [4.69, 9.17) is 21.1 Å². The maximum absolute atomic E-state index is 13.3. The van der Waals surface area contributed by atoms with Gasteiger partial charge in [-0.25, -0.2) is 8.42 Å². The number of carbonyl (C=O) groups excluding carboxylic acids is 1. The number of benzene rings is 3. The van der Waals surface area contributed by atoms with E-state index in [1.807, 2.05) is 42.5 Å². The summed E-state index contributed by atoms with van der Waals surface area (Å²) in [5, 5.41) is 0.656. The van der Waals surface area contributed by atoms with E-state index in [0.717, 1.165) is 29.5 Å². The van der Waals surface area contributed by atoms with E-state index in [1.165, 1.54) is 7.11 Å². The molecule has 4 rings (SSSR count). The Bertz CT molecular complexity index is 1260. The summed E-state index contributed by atoms with van der Waals surface area (Å²) < 4.78 is 39.1. The van der Waals surface area contributed by atoms with Crippen LogP contribution in [-0.2, 0) is 32.6 Å². The number of hydrogen-bond donors (Lipinski definition) is 0. The van der Waals surface area contributed by atoms with Crippen molar-refractivity contribution in [1.82, 2.24) is 4.31 Å². The molecule has 1 atom stereocenters. The first kappa shape index (κ1) is 25.2. The highest BCUT2D eigenvalue weighted by Gasteiger charge is 2.32. The second-order valence-corrected chi connectivity index (χ2v) is 10.9. The third-order valence-corrected chi connectivity index (χ3v) is 8.29. The summed E-state index contributed by atoms with van der Waals surface area (Å²) in [6, 6.07) is 21.6. The van der Waals surface area contributed by atoms with Gasteiger partial charge < -0.3 is 9.47 Å². The number of piperidine rings is 1. The molecule has 8 heteroatoms. The van der Waals surface area contributed by atoms with Gasteiger partial charge in [0.2, 0.25) is 10.0 Å². The van der Waals surface area contributed by atoms with E-state index in [0.29, 0.717) is 35.4 Å². The lowest BCUT2D eigenvalue weighted by atomic mass is 9.89. The first-order chi connectivity index (χ1) is 16.9. The van der Waals surface area contributed by atoms with Gasteiger partial charge in [0, 0.05) is 24.0 Å². The fourth-order valence-corrected chi connectivity index (χ4v) is 5.97. The third-order valence-electron chi connectivity index (χ3n) is 6.16. The Kier molecular flexibility index (Phi) is 8.11. The smallest absolute Gasteiger partial charge is 0.309 e. The van der Waals surface area contributed by atoms with Crippen LogP contribution in [-0.4, -0.2) is 38.9 Å². The van der Waals surface area contributed by atoms with Crippen LogP contribution in [0.15, 0.2) is 77.7 Å². The zero-order chi connectivity index (χ0) is 24.8. The quantitative estimate of drug-likeness (QED) is 0.387. The Hall–Kier alpha value is -2.87. The van der Waals surface area contributed by atoms with Crippen LogP contribution in [0.3, 0.4) is 0 Å². The zero-order valence-corrected chi connectivity index (χ0v) is 21.1. The van der Waals surface area contributed by atoms with Crippen molar-refractivity contribution in [3.63, 3.8) is 0 Å². The highest BCUT2D eigenvalue weighted by atomic mass is 35.5. The number of hydrogen-bond acceptors (Lipinski definition) is 5. The molecule has 0 N–H and O–H groups in total. The molecular formula is C27H28ClNO5S. The summed E-state index contributed by atoms with van der Waals surface area (Å²) in [4.78, 5) is 12.2. The van der Waals surface area contributed by atoms with Gasteiger partial charge in [-0.05, 0) is 59.9 Å². The van der Waals surface area contributed by atoms with Crippen molar-refractivity contribution in [2.45, 2.75) is 36.7 Å². The standard InChI is InChI=1S/C27H28ClNO5S/c1-33-27(30)17-21-11-14-26(34-19-20-9-12-23(28)13-10-20)25(16-21)22-6-5-15-29(18-22)35(31,32)24-7-3-2-4-8-24/h2-4,7-14,16,22H,5-6,15,17-19H2,1H3. The lowest BCUT2D eigenvalue weighted by Crippen LogP contribution is -2.39. The number of rotatable bonds is 8. The maximum Gasteiger partial charge on any atom is 0.309 e. The van der Waals surface area contributed by atoms with E-state index in [-0.39, 0.29) is 18.3 Å². The van der Waals surface area contributed by atoms with Gasteiger partial charge in [-0.1, -0.05) is 54.1 Å². The molecule has 1 fully saturated rings. The molecule has 3 aromatic carbocycles. The van der Waals surface area contributed by atoms with Crippen LogP contribution in [0.2, 0.25) is 5.02 Å². The molecule has 6 nitrogen and oxygen atoms in total. The molecule has 184 valence electrons. The van der Waals surface area contributed by atoms with Crippen molar-refractivity contribution in [2.24, 2.45) is 0 Å². The molecule has 0 radical (unpaired) electrons. The topological polar surface area (TPSA) is 72.9 Å². The van der Waals surface area contributed by atoms with Crippen LogP contribution in [0.1, 0.15) is 35.4 Å². The molecular weight excluding hydrogens is 486 g/mol. The second kappa shape index (κ2) is 11.2. The average molecular weight is 514 g/mol. The summed E-state index contributed by atoms with van der Waals surface area (Å²) in [7, 11) is -2.24. The average Bonchev–Trinajstić information content (AvgIpc) is 2.89. The monoisotopic (exact) mass is 513 g/mol. The second-order valence-electron chi connectivity index (χ2n) is 8.56. The Labute approximate surface area is 211 Å². The molecule has 0 bridgehead atoms. The van der Waals surface area contributed by atoms with Crippen molar-refractivity contribution in [2.75, 3.05) is 20.2 Å². The minimum Gasteiger partial charge on any atom is -0.489 e. The molecule has 3 aromatic rings. The number of methoxy groups -OCH3 is 1. The third kappa shape index (κ3) is 6.23. The number of sulfonamides is 1. The van der Waals surface area contributed by atoms with E-state index >= 15 is 0 Å². The van der Waals surface area contributed by atoms with Gasteiger partial charge in [-0.15, -0.1) is 0 Å². The minimum atomic E-state index is -3.60. The molecule has 1 heterocycles. The van der Waals surface area contributed by atoms with Gasteiger partial charge in [-0.2, -0.15) is 4.31 Å². The Morgan fingerprint density at radius 2 is 1.74 bits per heavy atom. The Morgan fingerprint density at radius 3 is 2.46 bits per heavy atom. The number of halogens is 1. The van der Waals surface area contributed by atoms with Crippen molar-refractivity contribution in [1.29, 1.82) is 0 Å². The van der Waals surface area contributed by atoms with Crippen molar-refractivity contribution in [3.05, 3.63) is 94.5 Å². The lowest BCUT2D eigenvalue weighted by Gasteiger charge is -2.33. The van der Waals surface area contributed by atoms with Gasteiger partial charge in [0.05, 0.1) is 18.4 Å². The summed E-state index contributed by atoms with van der Waals surface area (Å²) in [5.41, 5.74) is 2.66. The predicted molar refractivity (Wildman–Crippen MR) is 135 cm³/mol. The SMILES string of the molecule is COC(=O)Cc1ccc(OCc2ccc(Cl)cc2)c(C2CCCN(S(=O)(=O)c3ccccc3)C2)c1. The molecule has 35 heavy (non-hydrogen) atoms. The van der Waals surface area contributed by atoms with Gasteiger partial charge in [0.15, 0.2) is 0 Å². The molecule has 0 aliphatic carbocycles. The summed E-state index contributed by atoms with van der Waals surface area (Å²) >= 11 is 5.99. The lowest BCUT2D eigenvalue weighted by molar-refractivity contribution is -0.139. The molecule has 0 spiro atoms. The minimum absolute atomic E-state index is 0.0694. The number of esters is 1. The maximum atomic E-state index is 13.3. The van der Waals surface area contributed by atoms with Crippen LogP contribution in [0.4, 0.5) is 0 Å². The van der Waals surface area contributed by atoms with Gasteiger partial charge in [-0.3, -0.25) is 4.79 Å². The first-order valence-corrected chi connectivity index (χ1v) is 13.3. The van der Waals surface area contributed by atoms with E-state index in [1.54, 1.807) is 34.6 Å². The predicted octanol–water partition coefficient (Wildman–Crippen LogP) is 5.20. The summed E-state index contributed by atoms with van der Waals surface area (Å²) in [5.74, 6) is 0.278.